The van der Waals surface area contributed by atoms with Crippen molar-refractivity contribution in [1.29, 1.82) is 0 Å². The fourth-order valence-corrected chi connectivity index (χ4v) is 2.26. The Balaban J connectivity index is 2.48. The third-order valence-corrected chi connectivity index (χ3v) is 3.37. The summed E-state index contributed by atoms with van der Waals surface area (Å²) in [5, 5.41) is 12.6. The third-order valence-electron chi connectivity index (χ3n) is 3.37. The second-order valence-corrected chi connectivity index (χ2v) is 5.32. The summed E-state index contributed by atoms with van der Waals surface area (Å²) in [6.45, 7) is 4.94. The molecule has 2 aromatic heterocycles. The van der Waals surface area contributed by atoms with Crippen LogP contribution in [-0.4, -0.2) is 44.4 Å². The molecule has 0 saturated heterocycles. The Labute approximate surface area is 132 Å². The van der Waals surface area contributed by atoms with Crippen molar-refractivity contribution < 1.29 is 18.3 Å². The standard InChI is InChI=1S/C14H20F3N5O/c1-3-4-6-21(7-5-8-23)11-9-10(2)18-13-19-12(14(15,16)17)20-22(11)13/h9,23H,3-8H2,1-2H3. The molecule has 0 saturated carbocycles. The first kappa shape index (κ1) is 17.5. The Morgan fingerprint density at radius 1 is 1.22 bits per heavy atom. The zero-order valence-corrected chi connectivity index (χ0v) is 13.1. The number of aromatic nitrogens is 4. The van der Waals surface area contributed by atoms with Crippen molar-refractivity contribution in [2.24, 2.45) is 0 Å². The minimum Gasteiger partial charge on any atom is -0.396 e. The van der Waals surface area contributed by atoms with Gasteiger partial charge in [0.05, 0.1) is 0 Å². The average molecular weight is 331 g/mol. The van der Waals surface area contributed by atoms with Crippen molar-refractivity contribution in [2.45, 2.75) is 39.3 Å². The van der Waals surface area contributed by atoms with Crippen LogP contribution in [0, 0.1) is 6.92 Å². The van der Waals surface area contributed by atoms with Crippen LogP contribution in [0.5, 0.6) is 0 Å². The summed E-state index contributed by atoms with van der Waals surface area (Å²) in [6, 6.07) is 1.69. The minimum atomic E-state index is -4.61. The Morgan fingerprint density at radius 3 is 2.52 bits per heavy atom. The molecule has 2 heterocycles. The van der Waals surface area contributed by atoms with Gasteiger partial charge in [-0.3, -0.25) is 0 Å². The number of anilines is 1. The Morgan fingerprint density at radius 2 is 1.91 bits per heavy atom. The number of alkyl halides is 3. The molecule has 0 bridgehead atoms. The lowest BCUT2D eigenvalue weighted by Gasteiger charge is -2.24. The van der Waals surface area contributed by atoms with E-state index in [1.54, 1.807) is 13.0 Å². The van der Waals surface area contributed by atoms with Crippen LogP contribution in [0.1, 0.15) is 37.7 Å². The lowest BCUT2D eigenvalue weighted by molar-refractivity contribution is -0.144. The molecular weight excluding hydrogens is 311 g/mol. The largest absolute Gasteiger partial charge is 0.453 e. The van der Waals surface area contributed by atoms with E-state index in [-0.39, 0.29) is 12.4 Å². The van der Waals surface area contributed by atoms with Gasteiger partial charge in [-0.1, -0.05) is 13.3 Å². The topological polar surface area (TPSA) is 66.5 Å². The molecule has 9 heteroatoms. The summed E-state index contributed by atoms with van der Waals surface area (Å²) >= 11 is 0. The van der Waals surface area contributed by atoms with Crippen LogP contribution in [0.4, 0.5) is 19.0 Å². The Kier molecular flexibility index (Phi) is 5.40. The molecule has 6 nitrogen and oxygen atoms in total. The van der Waals surface area contributed by atoms with Crippen molar-refractivity contribution in [3.63, 3.8) is 0 Å². The molecule has 0 fully saturated rings. The van der Waals surface area contributed by atoms with E-state index >= 15 is 0 Å². The highest BCUT2D eigenvalue weighted by Gasteiger charge is 2.37. The summed E-state index contributed by atoms with van der Waals surface area (Å²) in [6.07, 6.45) is -2.26. The molecule has 2 aromatic rings. The van der Waals surface area contributed by atoms with Gasteiger partial charge < -0.3 is 10.0 Å². The molecule has 128 valence electrons. The van der Waals surface area contributed by atoms with Crippen LogP contribution in [0.3, 0.4) is 0 Å². The monoisotopic (exact) mass is 331 g/mol. The van der Waals surface area contributed by atoms with E-state index in [9.17, 15) is 13.2 Å². The highest BCUT2D eigenvalue weighted by molar-refractivity contribution is 5.47. The van der Waals surface area contributed by atoms with E-state index < -0.39 is 12.0 Å². The van der Waals surface area contributed by atoms with Gasteiger partial charge in [-0.05, 0) is 19.8 Å². The molecular formula is C14H20F3N5O. The molecule has 1 N–H and O–H groups in total. The highest BCUT2D eigenvalue weighted by Crippen LogP contribution is 2.27. The summed E-state index contributed by atoms with van der Waals surface area (Å²) in [5.74, 6) is -0.760. The van der Waals surface area contributed by atoms with E-state index in [0.29, 0.717) is 31.0 Å². The predicted octanol–water partition coefficient (Wildman–Crippen LogP) is 2.44. The van der Waals surface area contributed by atoms with Crippen LogP contribution in [0.25, 0.3) is 5.78 Å². The number of hydrogen-bond donors (Lipinski definition) is 1. The van der Waals surface area contributed by atoms with Crippen LogP contribution >= 0.6 is 0 Å². The quantitative estimate of drug-likeness (QED) is 0.844. The van der Waals surface area contributed by atoms with Crippen LogP contribution in [0.2, 0.25) is 0 Å². The fourth-order valence-electron chi connectivity index (χ4n) is 2.26. The SMILES string of the molecule is CCCCN(CCCO)c1cc(C)nc2nc(C(F)(F)F)nn12. The van der Waals surface area contributed by atoms with E-state index in [0.717, 1.165) is 17.4 Å². The molecule has 0 atom stereocenters. The lowest BCUT2D eigenvalue weighted by atomic mass is 10.3. The molecule has 0 amide bonds. The van der Waals surface area contributed by atoms with Crippen LogP contribution < -0.4 is 4.90 Å². The van der Waals surface area contributed by atoms with Gasteiger partial charge in [0.2, 0.25) is 0 Å². The predicted molar refractivity (Wildman–Crippen MR) is 79.3 cm³/mol. The van der Waals surface area contributed by atoms with E-state index in [2.05, 4.69) is 15.1 Å². The van der Waals surface area contributed by atoms with Gasteiger partial charge in [0.15, 0.2) is 0 Å². The first-order valence-corrected chi connectivity index (χ1v) is 7.54. The molecule has 0 aliphatic rings. The number of nitrogens with zero attached hydrogens (tertiary/aromatic N) is 5. The maximum Gasteiger partial charge on any atom is 0.453 e. The van der Waals surface area contributed by atoms with Crippen molar-refractivity contribution in [2.75, 3.05) is 24.6 Å². The van der Waals surface area contributed by atoms with Gasteiger partial charge in [-0.25, -0.2) is 4.98 Å². The summed E-state index contributed by atoms with van der Waals surface area (Å²) in [4.78, 5) is 9.43. The summed E-state index contributed by atoms with van der Waals surface area (Å²) in [5.41, 5.74) is 0.569. The van der Waals surface area contributed by atoms with Gasteiger partial charge in [-0.2, -0.15) is 22.7 Å². The van der Waals surface area contributed by atoms with Crippen LogP contribution in [-0.2, 0) is 6.18 Å². The minimum absolute atomic E-state index is 0.0149. The second kappa shape index (κ2) is 7.12. The van der Waals surface area contributed by atoms with E-state index in [1.165, 1.54) is 0 Å². The maximum absolute atomic E-state index is 12.9. The molecule has 0 aliphatic carbocycles. The Hall–Kier alpha value is -1.90. The first-order valence-electron chi connectivity index (χ1n) is 7.54. The molecule has 0 spiro atoms. The highest BCUT2D eigenvalue weighted by atomic mass is 19.4. The number of aryl methyl sites for hydroxylation is 1. The molecule has 0 unspecified atom stereocenters. The molecule has 0 radical (unpaired) electrons. The molecule has 23 heavy (non-hydrogen) atoms. The summed E-state index contributed by atoms with van der Waals surface area (Å²) < 4.78 is 39.7. The average Bonchev–Trinajstić information content (AvgIpc) is 2.90. The van der Waals surface area contributed by atoms with Crippen LogP contribution in [0.15, 0.2) is 6.07 Å². The van der Waals surface area contributed by atoms with Crippen molar-refractivity contribution in [3.8, 4) is 0 Å². The molecule has 0 aromatic carbocycles. The molecule has 0 aliphatic heterocycles. The van der Waals surface area contributed by atoms with Gasteiger partial charge in [-0.15, -0.1) is 5.10 Å². The van der Waals surface area contributed by atoms with E-state index in [4.69, 9.17) is 5.11 Å². The fraction of sp³-hybridized carbons (Fsp3) is 0.643. The van der Waals surface area contributed by atoms with Crippen molar-refractivity contribution in [1.82, 2.24) is 19.6 Å². The van der Waals surface area contributed by atoms with E-state index in [1.807, 2.05) is 11.8 Å². The van der Waals surface area contributed by atoms with Crippen molar-refractivity contribution in [3.05, 3.63) is 17.6 Å². The first-order chi connectivity index (χ1) is 10.9. The summed E-state index contributed by atoms with van der Waals surface area (Å²) in [7, 11) is 0. The van der Waals surface area contributed by atoms with Gasteiger partial charge in [0.1, 0.15) is 5.82 Å². The number of halogens is 3. The number of unbranched alkanes of at least 4 members (excludes halogenated alkanes) is 1. The second-order valence-electron chi connectivity index (χ2n) is 5.32. The zero-order valence-electron chi connectivity index (χ0n) is 13.1. The number of fused-ring (bicyclic) bond motifs is 1. The zero-order chi connectivity index (χ0) is 17.0. The van der Waals surface area contributed by atoms with Gasteiger partial charge in [0.25, 0.3) is 11.6 Å². The number of aliphatic hydroxyl groups excluding tert-OH is 1. The smallest absolute Gasteiger partial charge is 0.396 e. The van der Waals surface area contributed by atoms with Gasteiger partial charge in [0, 0.05) is 31.5 Å². The lowest BCUT2D eigenvalue weighted by Crippen LogP contribution is -2.28. The van der Waals surface area contributed by atoms with Gasteiger partial charge >= 0.3 is 6.18 Å². The number of hydrogen-bond acceptors (Lipinski definition) is 5. The third kappa shape index (κ3) is 4.10. The normalized spacial score (nSPS) is 12.1. The van der Waals surface area contributed by atoms with Crippen molar-refractivity contribution >= 4 is 11.6 Å². The maximum atomic E-state index is 12.9. The molecule has 2 rings (SSSR count). The Bertz CT molecular complexity index is 648. The number of rotatable bonds is 7. The number of aliphatic hydroxyl groups is 1.